The van der Waals surface area contributed by atoms with E-state index in [2.05, 4.69) is 0 Å². The topological polar surface area (TPSA) is 57.5 Å². The average molecular weight is 213 g/mol. The Balaban J connectivity index is 2.56. The molecule has 2 rings (SSSR count). The molecule has 0 saturated heterocycles. The third-order valence-corrected chi connectivity index (χ3v) is 2.94. The summed E-state index contributed by atoms with van der Waals surface area (Å²) in [6.45, 7) is 0. The number of aromatic hydroxyl groups is 1. The van der Waals surface area contributed by atoms with Crippen molar-refractivity contribution in [2.24, 2.45) is 0 Å². The molecule has 3 nitrogen and oxygen atoms in total. The second-order valence-electron chi connectivity index (χ2n) is 3.52. The number of phenols is 1. The van der Waals surface area contributed by atoms with Gasteiger partial charge in [-0.15, -0.1) is 0 Å². The molecular weight excluding hydrogens is 204 g/mol. The molecule has 0 heterocycles. The third kappa shape index (κ3) is 1.16. The largest absolute Gasteiger partial charge is 0.508 e. The first kappa shape index (κ1) is 9.34. The van der Waals surface area contributed by atoms with Crippen molar-refractivity contribution in [2.75, 3.05) is 0 Å². The van der Waals surface area contributed by atoms with Crippen LogP contribution in [0, 0.1) is 0 Å². The van der Waals surface area contributed by atoms with Crippen LogP contribution in [0.2, 0.25) is 5.02 Å². The number of rotatable bonds is 2. The van der Waals surface area contributed by atoms with E-state index in [9.17, 15) is 9.90 Å². The van der Waals surface area contributed by atoms with Crippen LogP contribution < -0.4 is 0 Å². The lowest BCUT2D eigenvalue weighted by molar-refractivity contribution is -0.140. The Hall–Kier alpha value is -1.22. The third-order valence-electron chi connectivity index (χ3n) is 2.63. The number of hydrogen-bond acceptors (Lipinski definition) is 2. The summed E-state index contributed by atoms with van der Waals surface area (Å²) in [5.74, 6) is -0.946. The van der Waals surface area contributed by atoms with Gasteiger partial charge in [-0.25, -0.2) is 0 Å². The van der Waals surface area contributed by atoms with Gasteiger partial charge < -0.3 is 10.2 Å². The molecule has 0 unspecified atom stereocenters. The Morgan fingerprint density at radius 2 is 2.07 bits per heavy atom. The number of carbonyl (C=O) groups is 1. The summed E-state index contributed by atoms with van der Waals surface area (Å²) >= 11 is 5.87. The quantitative estimate of drug-likeness (QED) is 0.790. The van der Waals surface area contributed by atoms with Gasteiger partial charge in [0, 0.05) is 10.6 Å². The Kier molecular flexibility index (Phi) is 1.93. The maximum absolute atomic E-state index is 11.0. The highest BCUT2D eigenvalue weighted by Gasteiger charge is 2.54. The van der Waals surface area contributed by atoms with Crippen LogP contribution in [-0.4, -0.2) is 16.2 Å². The normalized spacial score (nSPS) is 17.8. The molecule has 4 heteroatoms. The van der Waals surface area contributed by atoms with E-state index in [1.807, 2.05) is 0 Å². The van der Waals surface area contributed by atoms with E-state index in [1.54, 1.807) is 12.1 Å². The first-order chi connectivity index (χ1) is 6.58. The molecular formula is C10H9ClO3. The zero-order chi connectivity index (χ0) is 10.3. The van der Waals surface area contributed by atoms with E-state index in [0.717, 1.165) is 0 Å². The van der Waals surface area contributed by atoms with Crippen LogP contribution in [0.3, 0.4) is 0 Å². The van der Waals surface area contributed by atoms with Gasteiger partial charge in [0.25, 0.3) is 0 Å². The highest BCUT2D eigenvalue weighted by atomic mass is 35.5. The average Bonchev–Trinajstić information content (AvgIpc) is 2.85. The van der Waals surface area contributed by atoms with Gasteiger partial charge in [-0.3, -0.25) is 4.79 Å². The van der Waals surface area contributed by atoms with Gasteiger partial charge in [-0.05, 0) is 25.0 Å². The number of phenolic OH excluding ortho intramolecular Hbond substituents is 1. The van der Waals surface area contributed by atoms with Crippen LogP contribution in [0.1, 0.15) is 18.4 Å². The molecule has 0 aromatic heterocycles. The van der Waals surface area contributed by atoms with Crippen LogP contribution in [0.5, 0.6) is 5.75 Å². The molecule has 0 spiro atoms. The number of hydrogen-bond donors (Lipinski definition) is 2. The molecule has 0 aliphatic heterocycles. The molecule has 74 valence electrons. The molecule has 1 fully saturated rings. The summed E-state index contributed by atoms with van der Waals surface area (Å²) in [5, 5.41) is 18.9. The second kappa shape index (κ2) is 2.89. The van der Waals surface area contributed by atoms with Crippen molar-refractivity contribution < 1.29 is 15.0 Å². The lowest BCUT2D eigenvalue weighted by Gasteiger charge is -2.13. The van der Waals surface area contributed by atoms with Crippen molar-refractivity contribution in [3.63, 3.8) is 0 Å². The monoisotopic (exact) mass is 212 g/mol. The van der Waals surface area contributed by atoms with Crippen LogP contribution >= 0.6 is 11.6 Å². The lowest BCUT2D eigenvalue weighted by Crippen LogP contribution is -2.20. The molecule has 0 radical (unpaired) electrons. The first-order valence-electron chi connectivity index (χ1n) is 4.29. The molecule has 1 aliphatic carbocycles. The van der Waals surface area contributed by atoms with Gasteiger partial charge in [-0.1, -0.05) is 17.7 Å². The van der Waals surface area contributed by atoms with Crippen molar-refractivity contribution in [2.45, 2.75) is 18.3 Å². The fourth-order valence-corrected chi connectivity index (χ4v) is 2.03. The number of carboxylic acids is 1. The maximum atomic E-state index is 11.0. The predicted molar refractivity (Wildman–Crippen MR) is 51.7 cm³/mol. The SMILES string of the molecule is O=C(O)C1(c2c(O)cccc2Cl)CC1. The summed E-state index contributed by atoms with van der Waals surface area (Å²) in [7, 11) is 0. The van der Waals surface area contributed by atoms with Gasteiger partial charge in [0.05, 0.1) is 5.41 Å². The molecule has 14 heavy (non-hydrogen) atoms. The lowest BCUT2D eigenvalue weighted by atomic mass is 9.95. The minimum absolute atomic E-state index is 0.0302. The minimum atomic E-state index is -0.942. The Morgan fingerprint density at radius 3 is 2.50 bits per heavy atom. The van der Waals surface area contributed by atoms with Gasteiger partial charge in [0.2, 0.25) is 0 Å². The molecule has 1 saturated carbocycles. The number of carboxylic acid groups (broad SMARTS) is 1. The van der Waals surface area contributed by atoms with Crippen molar-refractivity contribution in [3.8, 4) is 5.75 Å². The fraction of sp³-hybridized carbons (Fsp3) is 0.300. The Labute approximate surface area is 85.9 Å². The van der Waals surface area contributed by atoms with E-state index < -0.39 is 11.4 Å². The van der Waals surface area contributed by atoms with Gasteiger partial charge in [0.1, 0.15) is 5.75 Å². The zero-order valence-electron chi connectivity index (χ0n) is 7.33. The smallest absolute Gasteiger partial charge is 0.314 e. The van der Waals surface area contributed by atoms with E-state index in [-0.39, 0.29) is 5.75 Å². The fourth-order valence-electron chi connectivity index (χ4n) is 1.68. The molecule has 1 aromatic carbocycles. The zero-order valence-corrected chi connectivity index (χ0v) is 8.08. The summed E-state index contributed by atoms with van der Waals surface area (Å²) in [6, 6.07) is 4.66. The van der Waals surface area contributed by atoms with E-state index >= 15 is 0 Å². The van der Waals surface area contributed by atoms with Crippen molar-refractivity contribution in [3.05, 3.63) is 28.8 Å². The molecule has 1 aromatic rings. The molecule has 0 amide bonds. The predicted octanol–water partition coefficient (Wildman–Crippen LogP) is 2.16. The van der Waals surface area contributed by atoms with E-state index in [4.69, 9.17) is 16.7 Å². The van der Waals surface area contributed by atoms with Crippen molar-refractivity contribution in [1.82, 2.24) is 0 Å². The number of halogens is 1. The summed E-state index contributed by atoms with van der Waals surface area (Å²) < 4.78 is 0. The number of benzene rings is 1. The van der Waals surface area contributed by atoms with Crippen molar-refractivity contribution in [1.29, 1.82) is 0 Å². The minimum Gasteiger partial charge on any atom is -0.508 e. The van der Waals surface area contributed by atoms with E-state index in [0.29, 0.717) is 23.4 Å². The van der Waals surface area contributed by atoms with Crippen LogP contribution in [0.4, 0.5) is 0 Å². The van der Waals surface area contributed by atoms with Gasteiger partial charge >= 0.3 is 5.97 Å². The number of aliphatic carboxylic acids is 1. The van der Waals surface area contributed by atoms with E-state index in [1.165, 1.54) is 6.07 Å². The second-order valence-corrected chi connectivity index (χ2v) is 3.93. The highest BCUT2D eigenvalue weighted by molar-refractivity contribution is 6.32. The van der Waals surface area contributed by atoms with Crippen molar-refractivity contribution >= 4 is 17.6 Å². The van der Waals surface area contributed by atoms with Crippen LogP contribution in [0.25, 0.3) is 0 Å². The first-order valence-corrected chi connectivity index (χ1v) is 4.67. The highest BCUT2D eigenvalue weighted by Crippen LogP contribution is 2.53. The van der Waals surface area contributed by atoms with Gasteiger partial charge in [0.15, 0.2) is 0 Å². The summed E-state index contributed by atoms with van der Waals surface area (Å²) in [6.07, 6.45) is 1.08. The van der Waals surface area contributed by atoms with Crippen LogP contribution in [-0.2, 0) is 10.2 Å². The Morgan fingerprint density at radius 1 is 1.43 bits per heavy atom. The summed E-state index contributed by atoms with van der Waals surface area (Å²) in [5.41, 5.74) is -0.586. The molecule has 1 aliphatic rings. The molecule has 2 N–H and O–H groups in total. The maximum Gasteiger partial charge on any atom is 0.314 e. The molecule has 0 bridgehead atoms. The van der Waals surface area contributed by atoms with Gasteiger partial charge in [-0.2, -0.15) is 0 Å². The Bertz CT molecular complexity index is 376. The molecule has 0 atom stereocenters. The summed E-state index contributed by atoms with van der Waals surface area (Å²) in [4.78, 5) is 11.0. The standard InChI is InChI=1S/C10H9ClO3/c11-6-2-1-3-7(12)8(6)10(4-5-10)9(13)14/h1-3,12H,4-5H2,(H,13,14). The van der Waals surface area contributed by atoms with Crippen LogP contribution in [0.15, 0.2) is 18.2 Å².